The largest absolute Gasteiger partial charge is 0.326 e. The smallest absolute Gasteiger partial charge is 0.228 e. The monoisotopic (exact) mass is 373 g/mol. The summed E-state index contributed by atoms with van der Waals surface area (Å²) in [5, 5.41) is 8.98. The van der Waals surface area contributed by atoms with Gasteiger partial charge in [0.1, 0.15) is 5.82 Å². The van der Waals surface area contributed by atoms with Crippen LogP contribution in [0.25, 0.3) is 0 Å². The van der Waals surface area contributed by atoms with Crippen molar-refractivity contribution in [3.05, 3.63) is 24.0 Å². The quantitative estimate of drug-likeness (QED) is 0.754. The second kappa shape index (κ2) is 7.58. The Balaban J connectivity index is 1.38. The van der Waals surface area contributed by atoms with Crippen molar-refractivity contribution in [3.63, 3.8) is 0 Å². The van der Waals surface area contributed by atoms with Gasteiger partial charge in [-0.3, -0.25) is 9.59 Å². The van der Waals surface area contributed by atoms with E-state index in [0.717, 1.165) is 58.0 Å². The summed E-state index contributed by atoms with van der Waals surface area (Å²) in [7, 11) is 0. The molecule has 1 aromatic carbocycles. The SMILES string of the molecule is O=C(Nc1cc(NC(=O)C2CC23CCNCC3)ccc1F)C1CCCCC1. The highest BCUT2D eigenvalue weighted by atomic mass is 19.1. The third-order valence-corrected chi connectivity index (χ3v) is 6.57. The Morgan fingerprint density at radius 1 is 1.04 bits per heavy atom. The highest BCUT2D eigenvalue weighted by molar-refractivity contribution is 5.97. The topological polar surface area (TPSA) is 70.2 Å². The van der Waals surface area contributed by atoms with Gasteiger partial charge in [-0.15, -0.1) is 0 Å². The minimum Gasteiger partial charge on any atom is -0.326 e. The van der Waals surface area contributed by atoms with Gasteiger partial charge in [0, 0.05) is 17.5 Å². The standard InChI is InChI=1S/C21H28FN3O2/c22-17-7-6-15(12-18(17)25-19(26)14-4-2-1-3-5-14)24-20(27)16-13-21(16)8-10-23-11-9-21/h6-7,12,14,16,23H,1-5,8-11,13H2,(H,24,27)(H,25,26). The molecule has 1 heterocycles. The van der Waals surface area contributed by atoms with Crippen LogP contribution in [0, 0.1) is 23.1 Å². The molecule has 1 unspecified atom stereocenters. The van der Waals surface area contributed by atoms with Crippen molar-refractivity contribution in [2.45, 2.75) is 51.4 Å². The first kappa shape index (κ1) is 18.4. The fourth-order valence-electron chi connectivity index (χ4n) is 4.72. The molecule has 146 valence electrons. The molecular formula is C21H28FN3O2. The van der Waals surface area contributed by atoms with Crippen LogP contribution in [-0.2, 0) is 9.59 Å². The van der Waals surface area contributed by atoms with Crippen molar-refractivity contribution in [3.8, 4) is 0 Å². The summed E-state index contributed by atoms with van der Waals surface area (Å²) in [5.74, 6) is -0.577. The fraction of sp³-hybridized carbons (Fsp3) is 0.619. The number of hydrogen-bond acceptors (Lipinski definition) is 3. The summed E-state index contributed by atoms with van der Waals surface area (Å²) in [5.41, 5.74) is 0.847. The third kappa shape index (κ3) is 4.00. The van der Waals surface area contributed by atoms with Gasteiger partial charge in [0.05, 0.1) is 5.69 Å². The number of benzene rings is 1. The van der Waals surface area contributed by atoms with E-state index in [1.807, 2.05) is 0 Å². The molecule has 2 amide bonds. The number of anilines is 2. The predicted molar refractivity (Wildman–Crippen MR) is 103 cm³/mol. The first-order chi connectivity index (χ1) is 13.1. The average Bonchev–Trinajstić information content (AvgIpc) is 3.38. The lowest BCUT2D eigenvalue weighted by atomic mass is 9.88. The van der Waals surface area contributed by atoms with Crippen LogP contribution in [0.3, 0.4) is 0 Å². The summed E-state index contributed by atoms with van der Waals surface area (Å²) in [6.07, 6.45) is 8.01. The maximum atomic E-state index is 14.2. The van der Waals surface area contributed by atoms with Crippen LogP contribution in [0.2, 0.25) is 0 Å². The maximum Gasteiger partial charge on any atom is 0.228 e. The average molecular weight is 373 g/mol. The molecule has 3 fully saturated rings. The molecule has 2 aliphatic carbocycles. The van der Waals surface area contributed by atoms with E-state index in [0.29, 0.717) is 5.69 Å². The van der Waals surface area contributed by atoms with Crippen molar-refractivity contribution in [1.29, 1.82) is 0 Å². The highest BCUT2D eigenvalue weighted by Crippen LogP contribution is 2.58. The molecule has 4 rings (SSSR count). The van der Waals surface area contributed by atoms with Crippen LogP contribution in [0.5, 0.6) is 0 Å². The summed E-state index contributed by atoms with van der Waals surface area (Å²) in [4.78, 5) is 25.0. The molecule has 27 heavy (non-hydrogen) atoms. The minimum absolute atomic E-state index is 0.00747. The van der Waals surface area contributed by atoms with Gasteiger partial charge in [0.25, 0.3) is 0 Å². The molecule has 1 spiro atoms. The molecule has 1 atom stereocenters. The van der Waals surface area contributed by atoms with Gasteiger partial charge in [-0.2, -0.15) is 0 Å². The zero-order chi connectivity index (χ0) is 18.9. The van der Waals surface area contributed by atoms with E-state index in [9.17, 15) is 14.0 Å². The first-order valence-corrected chi connectivity index (χ1v) is 10.2. The van der Waals surface area contributed by atoms with Crippen LogP contribution in [0.1, 0.15) is 51.4 Å². The van der Waals surface area contributed by atoms with Crippen LogP contribution in [0.15, 0.2) is 18.2 Å². The number of carbonyl (C=O) groups excluding carboxylic acids is 2. The van der Waals surface area contributed by atoms with E-state index >= 15 is 0 Å². The Bertz CT molecular complexity index is 724. The molecule has 2 saturated carbocycles. The summed E-state index contributed by atoms with van der Waals surface area (Å²) in [6.45, 7) is 1.94. The zero-order valence-electron chi connectivity index (χ0n) is 15.7. The molecule has 0 aromatic heterocycles. The molecule has 1 saturated heterocycles. The van der Waals surface area contributed by atoms with Gasteiger partial charge in [-0.25, -0.2) is 4.39 Å². The number of amides is 2. The van der Waals surface area contributed by atoms with E-state index in [4.69, 9.17) is 0 Å². The maximum absolute atomic E-state index is 14.2. The van der Waals surface area contributed by atoms with Gasteiger partial charge in [0.2, 0.25) is 11.8 Å². The molecule has 0 bridgehead atoms. The van der Waals surface area contributed by atoms with Crippen molar-refractivity contribution in [2.75, 3.05) is 23.7 Å². The Kier molecular flexibility index (Phi) is 5.17. The lowest BCUT2D eigenvalue weighted by molar-refractivity contribution is -0.121. The van der Waals surface area contributed by atoms with E-state index in [1.165, 1.54) is 18.6 Å². The second-order valence-electron chi connectivity index (χ2n) is 8.38. The predicted octanol–water partition coefficient (Wildman–Crippen LogP) is 3.67. The van der Waals surface area contributed by atoms with Crippen molar-refractivity contribution < 1.29 is 14.0 Å². The van der Waals surface area contributed by atoms with Crippen molar-refractivity contribution >= 4 is 23.2 Å². The molecule has 3 N–H and O–H groups in total. The van der Waals surface area contributed by atoms with Crippen LogP contribution < -0.4 is 16.0 Å². The number of carbonyl (C=O) groups is 2. The second-order valence-corrected chi connectivity index (χ2v) is 8.38. The normalized spacial score (nSPS) is 24.4. The Morgan fingerprint density at radius 3 is 2.52 bits per heavy atom. The Labute approximate surface area is 159 Å². The number of halogens is 1. The van der Waals surface area contributed by atoms with Gasteiger partial charge < -0.3 is 16.0 Å². The molecule has 5 nitrogen and oxygen atoms in total. The molecule has 0 radical (unpaired) electrons. The van der Waals surface area contributed by atoms with Crippen molar-refractivity contribution in [2.24, 2.45) is 17.3 Å². The summed E-state index contributed by atoms with van der Waals surface area (Å²) < 4.78 is 14.2. The van der Waals surface area contributed by atoms with Crippen molar-refractivity contribution in [1.82, 2.24) is 5.32 Å². The lowest BCUT2D eigenvalue weighted by Gasteiger charge is -2.23. The van der Waals surface area contributed by atoms with Gasteiger partial charge in [0.15, 0.2) is 0 Å². The summed E-state index contributed by atoms with van der Waals surface area (Å²) >= 11 is 0. The fourth-order valence-corrected chi connectivity index (χ4v) is 4.72. The van der Waals surface area contributed by atoms with Gasteiger partial charge in [-0.1, -0.05) is 19.3 Å². The molecule has 1 aromatic rings. The molecule has 3 aliphatic rings. The lowest BCUT2D eigenvalue weighted by Crippen LogP contribution is -2.31. The molecular weight excluding hydrogens is 345 g/mol. The molecule has 1 aliphatic heterocycles. The van der Waals surface area contributed by atoms with Gasteiger partial charge >= 0.3 is 0 Å². The third-order valence-electron chi connectivity index (χ3n) is 6.57. The van der Waals surface area contributed by atoms with Crippen LogP contribution >= 0.6 is 0 Å². The van der Waals surface area contributed by atoms with E-state index in [-0.39, 0.29) is 34.8 Å². The Hall–Kier alpha value is -1.95. The number of rotatable bonds is 4. The van der Waals surface area contributed by atoms with E-state index in [1.54, 1.807) is 6.07 Å². The first-order valence-electron chi connectivity index (χ1n) is 10.2. The van der Waals surface area contributed by atoms with Crippen LogP contribution in [0.4, 0.5) is 15.8 Å². The zero-order valence-corrected chi connectivity index (χ0v) is 15.7. The minimum atomic E-state index is -0.474. The van der Waals surface area contributed by atoms with Gasteiger partial charge in [-0.05, 0) is 68.8 Å². The number of nitrogens with one attached hydrogen (secondary N) is 3. The van der Waals surface area contributed by atoms with E-state index < -0.39 is 5.82 Å². The summed E-state index contributed by atoms with van der Waals surface area (Å²) in [6, 6.07) is 4.39. The number of hydrogen-bond donors (Lipinski definition) is 3. The molecule has 6 heteroatoms. The Morgan fingerprint density at radius 2 is 1.78 bits per heavy atom. The number of piperidine rings is 1. The van der Waals surface area contributed by atoms with E-state index in [2.05, 4.69) is 16.0 Å². The van der Waals surface area contributed by atoms with Crippen LogP contribution in [-0.4, -0.2) is 24.9 Å². The highest BCUT2D eigenvalue weighted by Gasteiger charge is 2.57.